The Morgan fingerprint density at radius 1 is 1.38 bits per heavy atom. The van der Waals surface area contributed by atoms with Gasteiger partial charge in [0.2, 0.25) is 0 Å². The van der Waals surface area contributed by atoms with Crippen molar-refractivity contribution in [3.05, 3.63) is 0 Å². The van der Waals surface area contributed by atoms with Gasteiger partial charge in [0.25, 0.3) is 6.09 Å². The fourth-order valence-electron chi connectivity index (χ4n) is 2.48. The van der Waals surface area contributed by atoms with Gasteiger partial charge in [-0.1, -0.05) is 0 Å². The van der Waals surface area contributed by atoms with E-state index in [-0.39, 0.29) is 10.3 Å². The predicted molar refractivity (Wildman–Crippen MR) is 58.5 cm³/mol. The van der Waals surface area contributed by atoms with Gasteiger partial charge in [0, 0.05) is 0 Å². The molecule has 0 bridgehead atoms. The summed E-state index contributed by atoms with van der Waals surface area (Å²) < 4.78 is -0.133. The van der Waals surface area contributed by atoms with E-state index in [0.717, 1.165) is 0 Å². The van der Waals surface area contributed by atoms with Crippen LogP contribution in [-0.2, 0) is 4.79 Å². The van der Waals surface area contributed by atoms with Crippen LogP contribution in [0.25, 0.3) is 0 Å². The van der Waals surface area contributed by atoms with E-state index >= 15 is 0 Å². The van der Waals surface area contributed by atoms with Crippen molar-refractivity contribution < 1.29 is 19.2 Å². The molecule has 0 N–H and O–H groups in total. The van der Waals surface area contributed by atoms with Gasteiger partial charge in [-0.25, -0.2) is 0 Å². The third-order valence-corrected chi connectivity index (χ3v) is 3.77. The minimum Gasteiger partial charge on any atom is -0.498 e. The molecule has 0 aromatic rings. The van der Waals surface area contributed by atoms with Crippen LogP contribution < -0.4 is 5.11 Å². The molecule has 4 heteroatoms. The number of quaternary nitrogens is 1. The van der Waals surface area contributed by atoms with E-state index in [4.69, 9.17) is 0 Å². The third kappa shape index (κ3) is 1.86. The second-order valence-corrected chi connectivity index (χ2v) is 6.34. The first-order valence-corrected chi connectivity index (χ1v) is 5.65. The average Bonchev–Trinajstić information content (AvgIpc) is 2.07. The quantitative estimate of drug-likeness (QED) is 0.579. The molecule has 0 radical (unpaired) electrons. The van der Waals surface area contributed by atoms with Crippen molar-refractivity contribution in [3.63, 3.8) is 0 Å². The van der Waals surface area contributed by atoms with E-state index in [0.29, 0.717) is 19.5 Å². The Bertz CT molecular complexity index is 328. The van der Waals surface area contributed by atoms with Crippen LogP contribution in [0.15, 0.2) is 0 Å². The SMILES string of the molecule is CC1(C)C[N+](C(=O)[O-])(C(C)(C)C)CCC1=O. The molecule has 0 spiro atoms. The fourth-order valence-corrected chi connectivity index (χ4v) is 2.48. The molecule has 0 aromatic carbocycles. The molecule has 1 rings (SSSR count). The third-order valence-electron chi connectivity index (χ3n) is 3.77. The van der Waals surface area contributed by atoms with E-state index in [9.17, 15) is 14.7 Å². The van der Waals surface area contributed by atoms with Crippen LogP contribution in [0.5, 0.6) is 0 Å². The lowest BCUT2D eigenvalue weighted by Gasteiger charge is -2.53. The highest BCUT2D eigenvalue weighted by atomic mass is 16.4. The maximum absolute atomic E-state index is 11.7. The highest BCUT2D eigenvalue weighted by Crippen LogP contribution is 2.36. The molecule has 92 valence electrons. The van der Waals surface area contributed by atoms with Crippen molar-refractivity contribution >= 4 is 11.9 Å². The Morgan fingerprint density at radius 2 is 1.88 bits per heavy atom. The standard InChI is InChI=1S/C12H21NO3/c1-11(2,3)13(10(15)16)7-6-9(14)12(4,5)8-13/h6-8H2,1-5H3. The molecule has 1 aliphatic rings. The van der Waals surface area contributed by atoms with Gasteiger partial charge in [0.1, 0.15) is 5.78 Å². The Hall–Kier alpha value is -0.900. The second kappa shape index (κ2) is 3.55. The molecule has 16 heavy (non-hydrogen) atoms. The maximum Gasteiger partial charge on any atom is 0.257 e. The number of carboxylic acid groups (broad SMARTS) is 1. The van der Waals surface area contributed by atoms with Crippen LogP contribution in [-0.4, -0.2) is 35.0 Å². The minimum absolute atomic E-state index is 0.133. The molecule has 0 aromatic heterocycles. The van der Waals surface area contributed by atoms with E-state index in [1.54, 1.807) is 0 Å². The van der Waals surface area contributed by atoms with Crippen molar-refractivity contribution in [1.82, 2.24) is 0 Å². The van der Waals surface area contributed by atoms with E-state index in [2.05, 4.69) is 0 Å². The number of ketones is 1. The lowest BCUT2D eigenvalue weighted by atomic mass is 9.79. The van der Waals surface area contributed by atoms with Crippen molar-refractivity contribution in [2.45, 2.75) is 46.6 Å². The molecule has 1 atom stereocenters. The lowest BCUT2D eigenvalue weighted by molar-refractivity contribution is -0.926. The number of rotatable bonds is 0. The molecule has 1 heterocycles. The number of Topliss-reactive ketones (excluding diaryl/α,β-unsaturated/α-hetero) is 1. The van der Waals surface area contributed by atoms with E-state index < -0.39 is 17.0 Å². The monoisotopic (exact) mass is 227 g/mol. The smallest absolute Gasteiger partial charge is 0.257 e. The average molecular weight is 227 g/mol. The zero-order valence-corrected chi connectivity index (χ0v) is 10.8. The summed E-state index contributed by atoms with van der Waals surface area (Å²) in [5.41, 5.74) is -1.03. The first-order chi connectivity index (χ1) is 7.03. The molecule has 1 unspecified atom stereocenters. The Labute approximate surface area is 96.8 Å². The highest BCUT2D eigenvalue weighted by Gasteiger charge is 2.52. The van der Waals surface area contributed by atoms with Crippen LogP contribution in [0.2, 0.25) is 0 Å². The van der Waals surface area contributed by atoms with Crippen LogP contribution in [0.3, 0.4) is 0 Å². The molecule has 1 amide bonds. The highest BCUT2D eigenvalue weighted by molar-refractivity contribution is 5.85. The van der Waals surface area contributed by atoms with Gasteiger partial charge in [-0.3, -0.25) is 9.28 Å². The van der Waals surface area contributed by atoms with Gasteiger partial charge in [-0.15, -0.1) is 0 Å². The van der Waals surface area contributed by atoms with Crippen molar-refractivity contribution in [3.8, 4) is 0 Å². The zero-order valence-electron chi connectivity index (χ0n) is 10.8. The first-order valence-electron chi connectivity index (χ1n) is 5.65. The normalized spacial score (nSPS) is 30.2. The summed E-state index contributed by atoms with van der Waals surface area (Å²) in [7, 11) is 0. The van der Waals surface area contributed by atoms with Crippen LogP contribution in [0.4, 0.5) is 4.79 Å². The molecule has 1 aliphatic heterocycles. The Kier molecular flexibility index (Phi) is 2.92. The van der Waals surface area contributed by atoms with Gasteiger partial charge in [-0.2, -0.15) is 0 Å². The summed E-state index contributed by atoms with van der Waals surface area (Å²) in [4.78, 5) is 23.2. The molecular weight excluding hydrogens is 206 g/mol. The number of nitrogens with zero attached hydrogens (tertiary/aromatic N) is 1. The minimum atomic E-state index is -1.08. The molecule has 1 saturated heterocycles. The number of carbonyl (C=O) groups is 2. The van der Waals surface area contributed by atoms with Gasteiger partial charge >= 0.3 is 0 Å². The predicted octanol–water partition coefficient (Wildman–Crippen LogP) is 0.944. The summed E-state index contributed by atoms with van der Waals surface area (Å²) in [5, 5.41) is 11.5. The number of amides is 1. The number of piperidine rings is 1. The lowest BCUT2D eigenvalue weighted by Crippen LogP contribution is -2.73. The maximum atomic E-state index is 11.7. The molecule has 4 nitrogen and oxygen atoms in total. The summed E-state index contributed by atoms with van der Waals surface area (Å²) in [6.45, 7) is 9.94. The molecule has 0 saturated carbocycles. The van der Waals surface area contributed by atoms with Crippen LogP contribution in [0, 0.1) is 5.41 Å². The van der Waals surface area contributed by atoms with Gasteiger partial charge in [-0.05, 0) is 34.6 Å². The van der Waals surface area contributed by atoms with Crippen molar-refractivity contribution in [2.24, 2.45) is 5.41 Å². The fraction of sp³-hybridized carbons (Fsp3) is 0.833. The van der Waals surface area contributed by atoms with Crippen LogP contribution in [0.1, 0.15) is 41.0 Å². The number of carbonyl (C=O) groups excluding carboxylic acids is 2. The summed E-state index contributed by atoms with van der Waals surface area (Å²) in [5.74, 6) is 0.145. The summed E-state index contributed by atoms with van der Waals surface area (Å²) in [6, 6.07) is 0. The van der Waals surface area contributed by atoms with Gasteiger partial charge in [0.15, 0.2) is 0 Å². The van der Waals surface area contributed by atoms with Gasteiger partial charge in [0.05, 0.1) is 30.5 Å². The van der Waals surface area contributed by atoms with E-state index in [1.165, 1.54) is 0 Å². The molecular formula is C12H21NO3. The van der Waals surface area contributed by atoms with Crippen molar-refractivity contribution in [2.75, 3.05) is 13.1 Å². The summed E-state index contributed by atoms with van der Waals surface area (Å²) >= 11 is 0. The zero-order chi connectivity index (χ0) is 12.8. The Morgan fingerprint density at radius 3 is 2.19 bits per heavy atom. The Balaban J connectivity index is 3.17. The first kappa shape index (κ1) is 13.2. The van der Waals surface area contributed by atoms with Crippen molar-refractivity contribution in [1.29, 1.82) is 0 Å². The summed E-state index contributed by atoms with van der Waals surface area (Å²) in [6.07, 6.45) is -0.758. The van der Waals surface area contributed by atoms with Crippen LogP contribution >= 0.6 is 0 Å². The van der Waals surface area contributed by atoms with E-state index in [1.807, 2.05) is 34.6 Å². The largest absolute Gasteiger partial charge is 0.498 e. The second-order valence-electron chi connectivity index (χ2n) is 6.34. The molecule has 1 fully saturated rings. The number of hydrogen-bond donors (Lipinski definition) is 0. The van der Waals surface area contributed by atoms with Gasteiger partial charge < -0.3 is 9.90 Å². The number of likely N-dealkylation sites (tertiary alicyclic amines) is 1. The molecule has 0 aliphatic carbocycles. The topological polar surface area (TPSA) is 57.2 Å². The number of hydrogen-bond acceptors (Lipinski definition) is 3.